The molecule has 0 aliphatic carbocycles. The van der Waals surface area contributed by atoms with Gasteiger partial charge in [0.25, 0.3) is 0 Å². The van der Waals surface area contributed by atoms with Crippen LogP contribution in [-0.4, -0.2) is 9.97 Å². The van der Waals surface area contributed by atoms with E-state index in [1.54, 1.807) is 6.20 Å². The van der Waals surface area contributed by atoms with E-state index in [2.05, 4.69) is 15.3 Å². The Bertz CT molecular complexity index is 505. The maximum Gasteiger partial charge on any atom is 0.149 e. The predicted octanol–water partition coefficient (Wildman–Crippen LogP) is 2.30. The summed E-state index contributed by atoms with van der Waals surface area (Å²) in [6.45, 7) is 4.46. The first-order valence-electron chi connectivity index (χ1n) is 5.55. The monoisotopic (exact) mass is 228 g/mol. The van der Waals surface area contributed by atoms with E-state index in [-0.39, 0.29) is 0 Å². The molecule has 0 fully saturated rings. The first-order chi connectivity index (χ1) is 8.19. The molecule has 0 amide bonds. The molecule has 1 heterocycles. The third-order valence-corrected chi connectivity index (χ3v) is 2.65. The maximum absolute atomic E-state index is 5.55. The molecular weight excluding hydrogens is 212 g/mol. The first-order valence-corrected chi connectivity index (χ1v) is 5.55. The van der Waals surface area contributed by atoms with Crippen molar-refractivity contribution in [3.63, 3.8) is 0 Å². The van der Waals surface area contributed by atoms with E-state index in [9.17, 15) is 0 Å². The zero-order chi connectivity index (χ0) is 12.3. The maximum atomic E-state index is 5.55. The second-order valence-electron chi connectivity index (χ2n) is 3.95. The van der Waals surface area contributed by atoms with Gasteiger partial charge in [0.1, 0.15) is 5.82 Å². The summed E-state index contributed by atoms with van der Waals surface area (Å²) in [6, 6.07) is 7.96. The van der Waals surface area contributed by atoms with Crippen molar-refractivity contribution in [2.45, 2.75) is 20.4 Å². The number of benzene rings is 1. The number of hydrogen-bond donors (Lipinski definition) is 2. The van der Waals surface area contributed by atoms with Crippen LogP contribution in [0.5, 0.6) is 0 Å². The summed E-state index contributed by atoms with van der Waals surface area (Å²) in [7, 11) is 0. The molecule has 4 nitrogen and oxygen atoms in total. The molecule has 4 heteroatoms. The molecule has 0 aliphatic rings. The van der Waals surface area contributed by atoms with E-state index in [0.29, 0.717) is 6.54 Å². The third-order valence-electron chi connectivity index (χ3n) is 2.65. The van der Waals surface area contributed by atoms with Crippen LogP contribution in [-0.2, 0) is 6.54 Å². The average molecular weight is 228 g/mol. The van der Waals surface area contributed by atoms with Gasteiger partial charge in [0, 0.05) is 12.2 Å². The highest BCUT2D eigenvalue weighted by molar-refractivity contribution is 5.55. The highest BCUT2D eigenvalue weighted by Crippen LogP contribution is 2.15. The van der Waals surface area contributed by atoms with Crippen molar-refractivity contribution in [2.75, 3.05) is 5.32 Å². The molecule has 0 unspecified atom stereocenters. The Kier molecular flexibility index (Phi) is 3.35. The quantitative estimate of drug-likeness (QED) is 0.846. The number of hydrogen-bond acceptors (Lipinski definition) is 4. The Hall–Kier alpha value is -1.94. The van der Waals surface area contributed by atoms with Gasteiger partial charge in [-0.05, 0) is 31.5 Å². The fourth-order valence-electron chi connectivity index (χ4n) is 1.47. The number of nitrogens with two attached hydrogens (primary N) is 1. The topological polar surface area (TPSA) is 63.8 Å². The molecule has 1 aromatic heterocycles. The predicted molar refractivity (Wildman–Crippen MR) is 69.1 cm³/mol. The van der Waals surface area contributed by atoms with Crippen molar-refractivity contribution in [1.82, 2.24) is 9.97 Å². The second-order valence-corrected chi connectivity index (χ2v) is 3.95. The standard InChI is InChI=1S/C13H16N4/c1-9-10(2)16-13(8-15-9)17-12-5-3-11(7-14)4-6-12/h3-6,8H,7,14H2,1-2H3,(H,16,17). The lowest BCUT2D eigenvalue weighted by molar-refractivity contribution is 1.05. The fourth-order valence-corrected chi connectivity index (χ4v) is 1.47. The fraction of sp³-hybridized carbons (Fsp3) is 0.231. The molecule has 17 heavy (non-hydrogen) atoms. The first kappa shape index (κ1) is 11.5. The van der Waals surface area contributed by atoms with Gasteiger partial charge >= 0.3 is 0 Å². The largest absolute Gasteiger partial charge is 0.339 e. The SMILES string of the molecule is Cc1ncc(Nc2ccc(CN)cc2)nc1C. The number of nitrogens with one attached hydrogen (secondary N) is 1. The van der Waals surface area contributed by atoms with Gasteiger partial charge in [-0.1, -0.05) is 12.1 Å². The summed E-state index contributed by atoms with van der Waals surface area (Å²) < 4.78 is 0. The Labute approximate surface area is 101 Å². The second kappa shape index (κ2) is 4.93. The Morgan fingerprint density at radius 1 is 1.12 bits per heavy atom. The molecule has 3 N–H and O–H groups in total. The molecular formula is C13H16N4. The highest BCUT2D eigenvalue weighted by Gasteiger charge is 2.00. The van der Waals surface area contributed by atoms with Crippen molar-refractivity contribution in [1.29, 1.82) is 0 Å². The average Bonchev–Trinajstić information content (AvgIpc) is 2.35. The third kappa shape index (κ3) is 2.79. The van der Waals surface area contributed by atoms with Crippen LogP contribution in [0.25, 0.3) is 0 Å². The van der Waals surface area contributed by atoms with E-state index < -0.39 is 0 Å². The zero-order valence-electron chi connectivity index (χ0n) is 10.1. The summed E-state index contributed by atoms with van der Waals surface area (Å²) in [5.41, 5.74) is 9.54. The molecule has 0 spiro atoms. The van der Waals surface area contributed by atoms with E-state index in [4.69, 9.17) is 5.73 Å². The number of aryl methyl sites for hydroxylation is 2. The van der Waals surface area contributed by atoms with Crippen LogP contribution in [0, 0.1) is 13.8 Å². The number of rotatable bonds is 3. The van der Waals surface area contributed by atoms with Gasteiger partial charge in [-0.3, -0.25) is 4.98 Å². The smallest absolute Gasteiger partial charge is 0.149 e. The molecule has 0 aliphatic heterocycles. The normalized spacial score (nSPS) is 10.3. The molecule has 2 aromatic rings. The minimum absolute atomic E-state index is 0.559. The molecule has 0 saturated heterocycles. The summed E-state index contributed by atoms with van der Waals surface area (Å²) in [5.74, 6) is 0.758. The molecule has 1 aromatic carbocycles. The van der Waals surface area contributed by atoms with Crippen molar-refractivity contribution >= 4 is 11.5 Å². The van der Waals surface area contributed by atoms with E-state index in [0.717, 1.165) is 28.5 Å². The minimum atomic E-state index is 0.559. The Morgan fingerprint density at radius 2 is 1.82 bits per heavy atom. The number of anilines is 2. The van der Waals surface area contributed by atoms with Crippen LogP contribution in [0.1, 0.15) is 17.0 Å². The Morgan fingerprint density at radius 3 is 2.41 bits per heavy atom. The van der Waals surface area contributed by atoms with E-state index in [1.165, 1.54) is 0 Å². The number of aromatic nitrogens is 2. The van der Waals surface area contributed by atoms with E-state index in [1.807, 2.05) is 38.1 Å². The van der Waals surface area contributed by atoms with Gasteiger partial charge in [0.05, 0.1) is 17.6 Å². The molecule has 0 atom stereocenters. The van der Waals surface area contributed by atoms with Crippen LogP contribution < -0.4 is 11.1 Å². The highest BCUT2D eigenvalue weighted by atomic mass is 15.0. The lowest BCUT2D eigenvalue weighted by Crippen LogP contribution is -1.99. The van der Waals surface area contributed by atoms with Crippen LogP contribution in [0.3, 0.4) is 0 Å². The van der Waals surface area contributed by atoms with Gasteiger partial charge in [-0.25, -0.2) is 4.98 Å². The van der Waals surface area contributed by atoms with Gasteiger partial charge in [-0.15, -0.1) is 0 Å². The molecule has 88 valence electrons. The van der Waals surface area contributed by atoms with Crippen molar-refractivity contribution in [3.8, 4) is 0 Å². The van der Waals surface area contributed by atoms with Crippen molar-refractivity contribution < 1.29 is 0 Å². The molecule has 2 rings (SSSR count). The summed E-state index contributed by atoms with van der Waals surface area (Å²) >= 11 is 0. The molecule has 0 saturated carbocycles. The molecule has 0 radical (unpaired) electrons. The zero-order valence-corrected chi connectivity index (χ0v) is 10.1. The Balaban J connectivity index is 2.16. The lowest BCUT2D eigenvalue weighted by Gasteiger charge is -2.07. The van der Waals surface area contributed by atoms with Crippen LogP contribution in [0.4, 0.5) is 11.5 Å². The molecule has 0 bridgehead atoms. The summed E-state index contributed by atoms with van der Waals surface area (Å²) in [6.07, 6.45) is 1.74. The minimum Gasteiger partial charge on any atom is -0.339 e. The van der Waals surface area contributed by atoms with Gasteiger partial charge in [0.2, 0.25) is 0 Å². The number of nitrogens with zero attached hydrogens (tertiary/aromatic N) is 2. The summed E-state index contributed by atoms with van der Waals surface area (Å²) in [4.78, 5) is 8.68. The van der Waals surface area contributed by atoms with Gasteiger partial charge in [-0.2, -0.15) is 0 Å². The van der Waals surface area contributed by atoms with Crippen molar-refractivity contribution in [2.24, 2.45) is 5.73 Å². The van der Waals surface area contributed by atoms with Crippen LogP contribution in [0.2, 0.25) is 0 Å². The van der Waals surface area contributed by atoms with Gasteiger partial charge in [0.15, 0.2) is 0 Å². The van der Waals surface area contributed by atoms with Crippen LogP contribution >= 0.6 is 0 Å². The summed E-state index contributed by atoms with van der Waals surface area (Å²) in [5, 5.41) is 3.21. The van der Waals surface area contributed by atoms with Crippen molar-refractivity contribution in [3.05, 3.63) is 47.4 Å². The van der Waals surface area contributed by atoms with Gasteiger partial charge < -0.3 is 11.1 Å². The van der Waals surface area contributed by atoms with Crippen LogP contribution in [0.15, 0.2) is 30.5 Å². The lowest BCUT2D eigenvalue weighted by atomic mass is 10.2. The van der Waals surface area contributed by atoms with E-state index >= 15 is 0 Å².